The maximum absolute atomic E-state index is 14.1. The number of piperidine rings is 1. The number of methoxy groups -OCH3 is 2. The van der Waals surface area contributed by atoms with E-state index in [1.165, 1.54) is 6.42 Å². The van der Waals surface area contributed by atoms with Crippen LogP contribution in [0.1, 0.15) is 56.9 Å². The second-order valence-electron chi connectivity index (χ2n) is 9.34. The van der Waals surface area contributed by atoms with E-state index in [0.29, 0.717) is 5.91 Å². The lowest BCUT2D eigenvalue weighted by Gasteiger charge is -2.39. The maximum Gasteiger partial charge on any atom is 0.233 e. The Labute approximate surface area is 198 Å². The first-order chi connectivity index (χ1) is 16.2. The molecule has 0 aromatic heterocycles. The van der Waals surface area contributed by atoms with E-state index >= 15 is 0 Å². The predicted molar refractivity (Wildman–Crippen MR) is 132 cm³/mol. The van der Waals surface area contributed by atoms with Gasteiger partial charge in [-0.15, -0.1) is 0 Å². The van der Waals surface area contributed by atoms with Crippen LogP contribution in [-0.2, 0) is 14.9 Å². The molecular formula is C28H38N2O3. The van der Waals surface area contributed by atoms with Crippen molar-refractivity contribution in [3.8, 4) is 5.75 Å². The number of rotatable bonds is 5. The first-order valence-electron chi connectivity index (χ1n) is 12.5. The van der Waals surface area contributed by atoms with E-state index in [0.717, 1.165) is 93.9 Å². The molecule has 0 N–H and O–H groups in total. The Balaban J connectivity index is 1.66. The number of carbonyl (C=O) groups excluding carboxylic acids is 1. The molecule has 0 bridgehead atoms. The van der Waals surface area contributed by atoms with Crippen molar-refractivity contribution in [3.63, 3.8) is 0 Å². The van der Waals surface area contributed by atoms with Crippen molar-refractivity contribution in [2.75, 3.05) is 40.4 Å². The average molecular weight is 451 g/mol. The highest BCUT2D eigenvalue weighted by molar-refractivity contribution is 5.88. The molecule has 3 aliphatic rings. The number of amides is 1. The Morgan fingerprint density at radius 3 is 2.58 bits per heavy atom. The van der Waals surface area contributed by atoms with Crippen LogP contribution in [0.2, 0.25) is 0 Å². The number of allylic oxidation sites excluding steroid dienone is 4. The van der Waals surface area contributed by atoms with E-state index in [-0.39, 0.29) is 0 Å². The number of hydrogen-bond donors (Lipinski definition) is 0. The Morgan fingerprint density at radius 2 is 1.79 bits per heavy atom. The van der Waals surface area contributed by atoms with E-state index in [4.69, 9.17) is 9.47 Å². The van der Waals surface area contributed by atoms with Crippen LogP contribution in [0.5, 0.6) is 5.75 Å². The number of benzene rings is 1. The fraction of sp³-hybridized carbons (Fsp3) is 0.536. The van der Waals surface area contributed by atoms with Crippen LogP contribution in [0.15, 0.2) is 60.0 Å². The van der Waals surface area contributed by atoms with Gasteiger partial charge in [-0.2, -0.15) is 0 Å². The third-order valence-corrected chi connectivity index (χ3v) is 7.38. The smallest absolute Gasteiger partial charge is 0.233 e. The van der Waals surface area contributed by atoms with Gasteiger partial charge in [-0.3, -0.25) is 4.79 Å². The van der Waals surface area contributed by atoms with Crippen molar-refractivity contribution in [2.45, 2.75) is 56.8 Å². The zero-order valence-electron chi connectivity index (χ0n) is 20.2. The van der Waals surface area contributed by atoms with Gasteiger partial charge in [0.25, 0.3) is 0 Å². The van der Waals surface area contributed by atoms with E-state index in [9.17, 15) is 4.79 Å². The SMILES string of the molecule is COC1=C/C=C/CC/C=C\1N1CCCC(C(=O)N2CCCCC2)(c2cccc(OC)c2)CC1. The summed E-state index contributed by atoms with van der Waals surface area (Å²) in [6.07, 6.45) is 16.7. The van der Waals surface area contributed by atoms with Crippen molar-refractivity contribution in [1.29, 1.82) is 0 Å². The largest absolute Gasteiger partial charge is 0.497 e. The van der Waals surface area contributed by atoms with Gasteiger partial charge in [-0.05, 0) is 75.1 Å². The molecule has 2 saturated heterocycles. The lowest BCUT2D eigenvalue weighted by atomic mass is 9.73. The first kappa shape index (κ1) is 23.5. The molecule has 178 valence electrons. The monoisotopic (exact) mass is 450 g/mol. The standard InChI is InChI=1S/C28H38N2O3/c1-32-24-13-10-12-23(22-24)28(27(31)30-18-8-5-9-19-30)16-11-20-29(21-17-28)25-14-6-3-4-7-15-26(25)33-2/h4,7,10,12-15,22H,3,5-6,8-9,11,16-21H2,1-2H3/b7-4+,25-14+,26-15+. The highest BCUT2D eigenvalue weighted by atomic mass is 16.5. The molecule has 0 saturated carbocycles. The number of nitrogens with zero attached hydrogens (tertiary/aromatic N) is 2. The highest BCUT2D eigenvalue weighted by Gasteiger charge is 2.44. The highest BCUT2D eigenvalue weighted by Crippen LogP contribution is 2.40. The van der Waals surface area contributed by atoms with Gasteiger partial charge in [0.05, 0.1) is 25.3 Å². The van der Waals surface area contributed by atoms with Crippen LogP contribution in [0.4, 0.5) is 0 Å². The lowest BCUT2D eigenvalue weighted by Crippen LogP contribution is -2.49. The molecule has 4 rings (SSSR count). The molecule has 5 nitrogen and oxygen atoms in total. The Morgan fingerprint density at radius 1 is 0.939 bits per heavy atom. The van der Waals surface area contributed by atoms with Crippen molar-refractivity contribution >= 4 is 5.91 Å². The molecule has 1 aliphatic carbocycles. The Hall–Kier alpha value is -2.69. The molecule has 2 heterocycles. The number of hydrogen-bond acceptors (Lipinski definition) is 4. The van der Waals surface area contributed by atoms with Gasteiger partial charge in [-0.1, -0.05) is 30.4 Å². The molecule has 1 aromatic carbocycles. The quantitative estimate of drug-likeness (QED) is 0.619. The fourth-order valence-corrected chi connectivity index (χ4v) is 5.53. The summed E-state index contributed by atoms with van der Waals surface area (Å²) in [6.45, 7) is 3.51. The number of likely N-dealkylation sites (tertiary alicyclic amines) is 2. The van der Waals surface area contributed by atoms with Crippen molar-refractivity contribution in [2.24, 2.45) is 0 Å². The van der Waals surface area contributed by atoms with Gasteiger partial charge in [0.15, 0.2) is 0 Å². The average Bonchev–Trinajstić information content (AvgIpc) is 3.08. The van der Waals surface area contributed by atoms with Crippen LogP contribution in [0.3, 0.4) is 0 Å². The summed E-state index contributed by atoms with van der Waals surface area (Å²) in [5, 5.41) is 0. The number of ether oxygens (including phenoxy) is 2. The molecule has 1 aromatic rings. The summed E-state index contributed by atoms with van der Waals surface area (Å²) in [6, 6.07) is 8.20. The minimum absolute atomic E-state index is 0.300. The topological polar surface area (TPSA) is 42.0 Å². The number of carbonyl (C=O) groups is 1. The molecule has 1 amide bonds. The molecule has 5 heteroatoms. The lowest BCUT2D eigenvalue weighted by molar-refractivity contribution is -0.139. The summed E-state index contributed by atoms with van der Waals surface area (Å²) in [5.74, 6) is 2.02. The minimum Gasteiger partial charge on any atom is -0.497 e. The zero-order valence-corrected chi connectivity index (χ0v) is 20.2. The summed E-state index contributed by atoms with van der Waals surface area (Å²) >= 11 is 0. The second-order valence-corrected chi connectivity index (χ2v) is 9.34. The van der Waals surface area contributed by atoms with Gasteiger partial charge >= 0.3 is 0 Å². The van der Waals surface area contributed by atoms with Gasteiger partial charge in [0, 0.05) is 26.2 Å². The van der Waals surface area contributed by atoms with Crippen molar-refractivity contribution in [3.05, 3.63) is 65.6 Å². The van der Waals surface area contributed by atoms with E-state index in [1.807, 2.05) is 12.1 Å². The minimum atomic E-state index is -0.514. The van der Waals surface area contributed by atoms with Crippen LogP contribution in [-0.4, -0.2) is 56.1 Å². The molecule has 1 unspecified atom stereocenters. The van der Waals surface area contributed by atoms with Crippen molar-refractivity contribution in [1.82, 2.24) is 9.80 Å². The van der Waals surface area contributed by atoms with Gasteiger partial charge in [-0.25, -0.2) is 0 Å². The van der Waals surface area contributed by atoms with Crippen LogP contribution in [0, 0.1) is 0 Å². The summed E-state index contributed by atoms with van der Waals surface area (Å²) < 4.78 is 11.3. The van der Waals surface area contributed by atoms with Crippen molar-refractivity contribution < 1.29 is 14.3 Å². The predicted octanol–water partition coefficient (Wildman–Crippen LogP) is 5.20. The fourth-order valence-electron chi connectivity index (χ4n) is 5.53. The van der Waals surface area contributed by atoms with E-state index in [1.54, 1.807) is 14.2 Å². The maximum atomic E-state index is 14.1. The zero-order chi connectivity index (χ0) is 23.1. The summed E-state index contributed by atoms with van der Waals surface area (Å²) in [5.41, 5.74) is 1.74. The normalized spacial score (nSPS) is 28.3. The van der Waals surface area contributed by atoms with E-state index in [2.05, 4.69) is 46.2 Å². The third-order valence-electron chi connectivity index (χ3n) is 7.38. The first-order valence-corrected chi connectivity index (χ1v) is 12.5. The molecule has 0 spiro atoms. The second kappa shape index (κ2) is 11.0. The van der Waals surface area contributed by atoms with Crippen LogP contribution >= 0.6 is 0 Å². The Bertz CT molecular complexity index is 913. The van der Waals surface area contributed by atoms with Crippen LogP contribution < -0.4 is 4.74 Å². The molecule has 33 heavy (non-hydrogen) atoms. The summed E-state index contributed by atoms with van der Waals surface area (Å²) in [4.78, 5) is 18.7. The van der Waals surface area contributed by atoms with Gasteiger partial charge in [0.1, 0.15) is 11.5 Å². The van der Waals surface area contributed by atoms with Gasteiger partial charge < -0.3 is 19.3 Å². The van der Waals surface area contributed by atoms with E-state index < -0.39 is 5.41 Å². The molecule has 0 radical (unpaired) electrons. The molecule has 2 fully saturated rings. The molecular weight excluding hydrogens is 412 g/mol. The van der Waals surface area contributed by atoms with Crippen LogP contribution in [0.25, 0.3) is 0 Å². The van der Waals surface area contributed by atoms with Gasteiger partial charge in [0.2, 0.25) is 5.91 Å². The Kier molecular flexibility index (Phi) is 7.79. The molecule has 1 atom stereocenters. The summed E-state index contributed by atoms with van der Waals surface area (Å²) in [7, 11) is 3.44. The molecule has 2 aliphatic heterocycles. The third kappa shape index (κ3) is 5.13.